The minimum Gasteiger partial charge on any atom is -0.0930 e. The van der Waals surface area contributed by atoms with Crippen molar-refractivity contribution in [1.82, 2.24) is 0 Å². The first kappa shape index (κ1) is 5.66. The minimum absolute atomic E-state index is 0.977. The van der Waals surface area contributed by atoms with Crippen molar-refractivity contribution in [3.63, 3.8) is 0 Å². The van der Waals surface area contributed by atoms with Crippen LogP contribution in [0.5, 0.6) is 0 Å². The molecule has 3 heteroatoms. The van der Waals surface area contributed by atoms with E-state index in [0.717, 1.165) is 15.5 Å². The van der Waals surface area contributed by atoms with Gasteiger partial charge >= 0.3 is 0 Å². The molecule has 0 aliphatic carbocycles. The van der Waals surface area contributed by atoms with Crippen LogP contribution in [0.15, 0.2) is 12.2 Å². The number of rotatable bonds is 0. The number of thiocarbonyl (C=S) groups is 1. The fourth-order valence-corrected chi connectivity index (χ4v) is 2.88. The maximum atomic E-state index is 4.88. The Morgan fingerprint density at radius 1 is 1.71 bits per heavy atom. The largest absolute Gasteiger partial charge is 0.0930 e. The summed E-state index contributed by atoms with van der Waals surface area (Å²) in [4.78, 5) is 0. The van der Waals surface area contributed by atoms with Crippen LogP contribution in [-0.2, 0) is 0 Å². The molecule has 38 valence electrons. The van der Waals surface area contributed by atoms with Gasteiger partial charge in [-0.1, -0.05) is 29.6 Å². The van der Waals surface area contributed by atoms with Gasteiger partial charge in [-0.05, 0) is 16.4 Å². The summed E-state index contributed by atoms with van der Waals surface area (Å²) in [6.45, 7) is 3.75. The highest BCUT2D eigenvalue weighted by Gasteiger charge is 2.10. The maximum absolute atomic E-state index is 4.88. The van der Waals surface area contributed by atoms with Crippen LogP contribution in [0.1, 0.15) is 0 Å². The number of hydrogen-bond donors (Lipinski definition) is 0. The van der Waals surface area contributed by atoms with Gasteiger partial charge in [0.25, 0.3) is 0 Å². The molecule has 0 N–H and O–H groups in total. The van der Waals surface area contributed by atoms with Gasteiger partial charge < -0.3 is 0 Å². The molecule has 1 rings (SSSR count). The second-order valence-corrected chi connectivity index (χ2v) is 4.21. The van der Waals surface area contributed by atoms with Crippen LogP contribution in [0.25, 0.3) is 0 Å². The van der Waals surface area contributed by atoms with Crippen LogP contribution < -0.4 is 0 Å². The van der Waals surface area contributed by atoms with E-state index >= 15 is 0 Å². The monoisotopic (exact) mass is 148 g/mol. The molecule has 0 aromatic rings. The van der Waals surface area contributed by atoms with E-state index in [2.05, 4.69) is 6.58 Å². The molecule has 0 amide bonds. The fourth-order valence-electron chi connectivity index (χ4n) is 0.272. The summed E-state index contributed by atoms with van der Waals surface area (Å²) in [5.41, 5.74) is 1.12. The molecular weight excluding hydrogens is 144 g/mol. The van der Waals surface area contributed by atoms with Crippen LogP contribution in [-0.4, -0.2) is 9.95 Å². The van der Waals surface area contributed by atoms with E-state index in [-0.39, 0.29) is 0 Å². The molecule has 0 saturated carbocycles. The third-order valence-corrected chi connectivity index (χ3v) is 3.74. The molecular formula is C4H4S3. The molecule has 1 fully saturated rings. The van der Waals surface area contributed by atoms with Gasteiger partial charge in [-0.3, -0.25) is 0 Å². The van der Waals surface area contributed by atoms with Gasteiger partial charge in [-0.15, -0.1) is 0 Å². The first-order valence-corrected chi connectivity index (χ1v) is 4.55. The van der Waals surface area contributed by atoms with E-state index in [1.165, 1.54) is 0 Å². The molecule has 0 bridgehead atoms. The number of hydrogen-bond acceptors (Lipinski definition) is 3. The highest BCUT2D eigenvalue weighted by Crippen LogP contribution is 2.35. The van der Waals surface area contributed by atoms with Gasteiger partial charge in [0.1, 0.15) is 0 Å². The zero-order valence-electron chi connectivity index (χ0n) is 3.64. The van der Waals surface area contributed by atoms with E-state index in [9.17, 15) is 0 Å². The summed E-state index contributed by atoms with van der Waals surface area (Å²) in [5.74, 6) is 1.02. The Kier molecular flexibility index (Phi) is 1.78. The average Bonchev–Trinajstić information content (AvgIpc) is 1.91. The lowest BCUT2D eigenvalue weighted by molar-refractivity contribution is 1.74. The van der Waals surface area contributed by atoms with Crippen LogP contribution in [0, 0.1) is 0 Å². The van der Waals surface area contributed by atoms with E-state index in [1.807, 2.05) is 0 Å². The van der Waals surface area contributed by atoms with Crippen molar-refractivity contribution in [2.24, 2.45) is 0 Å². The lowest BCUT2D eigenvalue weighted by Gasteiger charge is -1.81. The topological polar surface area (TPSA) is 0 Å². The van der Waals surface area contributed by atoms with Crippen molar-refractivity contribution >= 4 is 38.0 Å². The maximum Gasteiger partial charge on any atom is 0.0847 e. The summed E-state index contributed by atoms with van der Waals surface area (Å²) in [6.07, 6.45) is 0. The van der Waals surface area contributed by atoms with Crippen LogP contribution >= 0.6 is 33.8 Å². The van der Waals surface area contributed by atoms with Gasteiger partial charge in [0, 0.05) is 5.75 Å². The Hall–Kier alpha value is 0.530. The standard InChI is InChI=1S/C4H4S3/c1-3-2-6-7-4(3)5/h1-2H2. The second-order valence-electron chi connectivity index (χ2n) is 1.24. The summed E-state index contributed by atoms with van der Waals surface area (Å²) in [5, 5.41) is 0. The zero-order valence-corrected chi connectivity index (χ0v) is 6.09. The third kappa shape index (κ3) is 1.21. The molecule has 1 saturated heterocycles. The Balaban J connectivity index is 2.65. The predicted molar refractivity (Wildman–Crippen MR) is 41.8 cm³/mol. The smallest absolute Gasteiger partial charge is 0.0847 e. The van der Waals surface area contributed by atoms with E-state index in [1.54, 1.807) is 21.6 Å². The van der Waals surface area contributed by atoms with Gasteiger partial charge in [0.15, 0.2) is 0 Å². The van der Waals surface area contributed by atoms with E-state index in [0.29, 0.717) is 0 Å². The molecule has 1 heterocycles. The van der Waals surface area contributed by atoms with Crippen molar-refractivity contribution in [2.45, 2.75) is 0 Å². The van der Waals surface area contributed by atoms with Crippen molar-refractivity contribution in [3.05, 3.63) is 12.2 Å². The molecule has 0 nitrogen and oxygen atoms in total. The highest BCUT2D eigenvalue weighted by molar-refractivity contribution is 8.84. The first-order valence-electron chi connectivity index (χ1n) is 1.82. The molecule has 1 aliphatic heterocycles. The average molecular weight is 148 g/mol. The van der Waals surface area contributed by atoms with Gasteiger partial charge in [0.2, 0.25) is 0 Å². The van der Waals surface area contributed by atoms with Gasteiger partial charge in [-0.2, -0.15) is 0 Å². The van der Waals surface area contributed by atoms with Crippen LogP contribution in [0.2, 0.25) is 0 Å². The second kappa shape index (κ2) is 2.20. The fraction of sp³-hybridized carbons (Fsp3) is 0.250. The van der Waals surface area contributed by atoms with Crippen LogP contribution in [0.3, 0.4) is 0 Å². The van der Waals surface area contributed by atoms with Gasteiger partial charge in [0.05, 0.1) is 4.20 Å². The normalized spacial score (nSPS) is 21.1. The SMILES string of the molecule is C=C1CSSC1=S. The molecule has 0 aromatic carbocycles. The zero-order chi connectivity index (χ0) is 5.28. The minimum atomic E-state index is 0.977. The molecule has 0 radical (unpaired) electrons. The predicted octanol–water partition coefficient (Wildman–Crippen LogP) is 2.27. The van der Waals surface area contributed by atoms with E-state index in [4.69, 9.17) is 12.2 Å². The van der Waals surface area contributed by atoms with Crippen molar-refractivity contribution in [3.8, 4) is 0 Å². The van der Waals surface area contributed by atoms with Crippen LogP contribution in [0.4, 0.5) is 0 Å². The Morgan fingerprint density at radius 3 is 2.57 bits per heavy atom. The van der Waals surface area contributed by atoms with Crippen molar-refractivity contribution < 1.29 is 0 Å². The third-order valence-electron chi connectivity index (χ3n) is 0.656. The Morgan fingerprint density at radius 2 is 2.43 bits per heavy atom. The van der Waals surface area contributed by atoms with Crippen molar-refractivity contribution in [2.75, 3.05) is 5.75 Å². The summed E-state index contributed by atoms with van der Waals surface area (Å²) in [6, 6.07) is 0. The summed E-state index contributed by atoms with van der Waals surface area (Å²) < 4.78 is 0.977. The molecule has 0 atom stereocenters. The lowest BCUT2D eigenvalue weighted by Crippen LogP contribution is -1.82. The molecule has 7 heavy (non-hydrogen) atoms. The van der Waals surface area contributed by atoms with E-state index < -0.39 is 0 Å². The van der Waals surface area contributed by atoms with Gasteiger partial charge in [-0.25, -0.2) is 0 Å². The summed E-state index contributed by atoms with van der Waals surface area (Å²) in [7, 11) is 3.42. The summed E-state index contributed by atoms with van der Waals surface area (Å²) >= 11 is 4.88. The lowest BCUT2D eigenvalue weighted by atomic mass is 10.4. The molecule has 1 aliphatic rings. The van der Waals surface area contributed by atoms with Crippen molar-refractivity contribution in [1.29, 1.82) is 0 Å². The highest BCUT2D eigenvalue weighted by atomic mass is 33.1. The molecule has 0 aromatic heterocycles. The Labute approximate surface area is 56.1 Å². The quantitative estimate of drug-likeness (QED) is 0.294. The first-order chi connectivity index (χ1) is 3.30. The molecule has 0 unspecified atom stereocenters. The Bertz CT molecular complexity index is 102. The molecule has 0 spiro atoms.